The lowest BCUT2D eigenvalue weighted by atomic mass is 10.2. The average molecular weight is 374 g/mol. The monoisotopic (exact) mass is 373 g/mol. The molecule has 0 unspecified atom stereocenters. The van der Waals surface area contributed by atoms with Crippen LogP contribution in [0.15, 0.2) is 22.7 Å². The van der Waals surface area contributed by atoms with E-state index in [1.807, 2.05) is 19.9 Å². The Kier molecular flexibility index (Phi) is 8.29. The first-order valence-electron chi connectivity index (χ1n) is 4.04. The maximum absolute atomic E-state index is 3.41. The van der Waals surface area contributed by atoms with E-state index in [2.05, 4.69) is 60.9 Å². The average Bonchev–Trinajstić information content (AvgIpc) is 2.15. The number of hydrogen-bond acceptors (Lipinski definition) is 2. The molecule has 0 spiro atoms. The number of benzene rings is 1. The molecule has 1 aromatic carbocycles. The zero-order valence-corrected chi connectivity index (χ0v) is 12.5. The van der Waals surface area contributed by atoms with Crippen LogP contribution in [0.4, 0.5) is 5.69 Å². The second-order valence-electron chi connectivity index (χ2n) is 2.14. The van der Waals surface area contributed by atoms with Crippen molar-refractivity contribution in [2.24, 2.45) is 0 Å². The maximum Gasteiger partial charge on any atom is 0.0487 e. The minimum Gasteiger partial charge on any atom is -0.321 e. The highest BCUT2D eigenvalue weighted by molar-refractivity contribution is 14.2. The van der Waals surface area contributed by atoms with Crippen molar-refractivity contribution in [3.05, 3.63) is 28.2 Å². The molecule has 1 rings (SSSR count). The van der Waals surface area contributed by atoms with Gasteiger partial charge in [-0.05, 0) is 24.6 Å². The maximum atomic E-state index is 3.41. The van der Waals surface area contributed by atoms with Crippen LogP contribution in [0.25, 0.3) is 0 Å². The Morgan fingerprint density at radius 2 is 2.00 bits per heavy atom. The molecule has 0 aliphatic heterocycles. The third-order valence-electron chi connectivity index (χ3n) is 1.35. The SMILES string of the molecule is CC.Cc1ccc(Br)cc1NSI. The van der Waals surface area contributed by atoms with Crippen LogP contribution in [-0.4, -0.2) is 0 Å². The number of hydrogen-bond donors (Lipinski definition) is 1. The quantitative estimate of drug-likeness (QED) is 0.565. The van der Waals surface area contributed by atoms with Crippen LogP contribution in [0.3, 0.4) is 0 Å². The summed E-state index contributed by atoms with van der Waals surface area (Å²) in [6.07, 6.45) is 0. The Labute approximate surface area is 105 Å². The van der Waals surface area contributed by atoms with Gasteiger partial charge in [-0.2, -0.15) is 0 Å². The van der Waals surface area contributed by atoms with Gasteiger partial charge >= 0.3 is 0 Å². The van der Waals surface area contributed by atoms with E-state index in [4.69, 9.17) is 0 Å². The second-order valence-corrected chi connectivity index (χ2v) is 4.73. The number of halogens is 2. The van der Waals surface area contributed by atoms with Gasteiger partial charge in [0.1, 0.15) is 0 Å². The van der Waals surface area contributed by atoms with Gasteiger partial charge in [-0.3, -0.25) is 0 Å². The molecule has 0 atom stereocenters. The Morgan fingerprint density at radius 3 is 2.54 bits per heavy atom. The van der Waals surface area contributed by atoms with Crippen LogP contribution in [-0.2, 0) is 0 Å². The van der Waals surface area contributed by atoms with Gasteiger partial charge in [-0.25, -0.2) is 0 Å². The van der Waals surface area contributed by atoms with Crippen molar-refractivity contribution in [3.63, 3.8) is 0 Å². The van der Waals surface area contributed by atoms with E-state index in [-0.39, 0.29) is 0 Å². The van der Waals surface area contributed by atoms with E-state index < -0.39 is 0 Å². The lowest BCUT2D eigenvalue weighted by Gasteiger charge is -2.04. The molecule has 13 heavy (non-hydrogen) atoms. The van der Waals surface area contributed by atoms with Gasteiger partial charge in [0.05, 0.1) is 0 Å². The molecule has 0 bridgehead atoms. The van der Waals surface area contributed by atoms with Gasteiger partial charge in [-0.1, -0.05) is 35.8 Å². The second kappa shape index (κ2) is 7.94. The molecule has 0 heterocycles. The van der Waals surface area contributed by atoms with Gasteiger partial charge in [0.2, 0.25) is 0 Å². The minimum atomic E-state index is 1.11. The molecule has 4 heteroatoms. The fourth-order valence-corrected chi connectivity index (χ4v) is 2.12. The molecule has 0 fully saturated rings. The molecule has 0 aromatic heterocycles. The Hall–Kier alpha value is 0.580. The largest absolute Gasteiger partial charge is 0.321 e. The number of anilines is 1. The minimum absolute atomic E-state index is 1.11. The van der Waals surface area contributed by atoms with Crippen molar-refractivity contribution in [2.75, 3.05) is 4.72 Å². The van der Waals surface area contributed by atoms with Crippen molar-refractivity contribution in [3.8, 4) is 0 Å². The first-order chi connectivity index (χ1) is 6.24. The van der Waals surface area contributed by atoms with E-state index in [1.165, 1.54) is 11.3 Å². The van der Waals surface area contributed by atoms with Crippen molar-refractivity contribution < 1.29 is 0 Å². The third kappa shape index (κ3) is 5.12. The van der Waals surface area contributed by atoms with E-state index in [1.54, 1.807) is 9.12 Å². The Balaban J connectivity index is 0.000000671. The molecule has 1 aromatic rings. The summed E-state index contributed by atoms with van der Waals surface area (Å²) in [6, 6.07) is 6.19. The first kappa shape index (κ1) is 13.6. The summed E-state index contributed by atoms with van der Waals surface area (Å²) in [5.41, 5.74) is 2.43. The third-order valence-corrected chi connectivity index (χ3v) is 2.80. The van der Waals surface area contributed by atoms with Crippen LogP contribution in [0.1, 0.15) is 19.4 Å². The van der Waals surface area contributed by atoms with Crippen molar-refractivity contribution in [2.45, 2.75) is 20.8 Å². The summed E-state index contributed by atoms with van der Waals surface area (Å²) < 4.78 is 4.30. The van der Waals surface area contributed by atoms with E-state index in [0.29, 0.717) is 0 Å². The molecule has 0 saturated carbocycles. The first-order valence-corrected chi connectivity index (χ1v) is 8.19. The van der Waals surface area contributed by atoms with Crippen LogP contribution in [0, 0.1) is 6.92 Å². The summed E-state index contributed by atoms with van der Waals surface area (Å²) in [5, 5.41) is 0. The van der Waals surface area contributed by atoms with Gasteiger partial charge in [0, 0.05) is 40.5 Å². The van der Waals surface area contributed by atoms with Crippen LogP contribution < -0.4 is 4.72 Å². The fraction of sp³-hybridized carbons (Fsp3) is 0.333. The molecule has 0 radical (unpaired) electrons. The normalized spacial score (nSPS) is 8.69. The Morgan fingerprint density at radius 1 is 1.38 bits per heavy atom. The predicted octanol–water partition coefficient (Wildman–Crippen LogP) is 5.19. The van der Waals surface area contributed by atoms with Crippen molar-refractivity contribution >= 4 is 51.9 Å². The molecular weight excluding hydrogens is 361 g/mol. The summed E-state index contributed by atoms with van der Waals surface area (Å²) >= 11 is 5.62. The highest BCUT2D eigenvalue weighted by atomic mass is 127. The number of rotatable bonds is 2. The summed E-state index contributed by atoms with van der Waals surface area (Å²) in [6.45, 7) is 6.08. The molecule has 0 aliphatic rings. The predicted molar refractivity (Wildman–Crippen MR) is 75.5 cm³/mol. The van der Waals surface area contributed by atoms with Gasteiger partial charge in [0.25, 0.3) is 0 Å². The van der Waals surface area contributed by atoms with Crippen LogP contribution >= 0.6 is 46.3 Å². The smallest absolute Gasteiger partial charge is 0.0487 e. The molecule has 0 amide bonds. The summed E-state index contributed by atoms with van der Waals surface area (Å²) in [4.78, 5) is 0. The zero-order valence-electron chi connectivity index (χ0n) is 7.90. The van der Waals surface area contributed by atoms with Gasteiger partial charge in [-0.15, -0.1) is 0 Å². The molecule has 0 aliphatic carbocycles. The zero-order chi connectivity index (χ0) is 10.3. The highest BCUT2D eigenvalue weighted by Gasteiger charge is 1.96. The number of nitrogens with one attached hydrogen (secondary N) is 1. The molecular formula is C9H13BrINS. The lowest BCUT2D eigenvalue weighted by molar-refractivity contribution is 1.46. The van der Waals surface area contributed by atoms with Crippen molar-refractivity contribution in [1.82, 2.24) is 0 Å². The lowest BCUT2D eigenvalue weighted by Crippen LogP contribution is -1.85. The van der Waals surface area contributed by atoms with Crippen LogP contribution in [0.5, 0.6) is 0 Å². The van der Waals surface area contributed by atoms with Crippen LogP contribution in [0.2, 0.25) is 0 Å². The van der Waals surface area contributed by atoms with E-state index in [9.17, 15) is 0 Å². The van der Waals surface area contributed by atoms with E-state index in [0.717, 1.165) is 4.47 Å². The highest BCUT2D eigenvalue weighted by Crippen LogP contribution is 2.24. The van der Waals surface area contributed by atoms with Gasteiger partial charge < -0.3 is 4.72 Å². The molecule has 74 valence electrons. The fourth-order valence-electron chi connectivity index (χ4n) is 0.746. The topological polar surface area (TPSA) is 12.0 Å². The molecule has 1 nitrogen and oxygen atoms in total. The van der Waals surface area contributed by atoms with Crippen molar-refractivity contribution in [1.29, 1.82) is 0 Å². The molecule has 1 N–H and O–H groups in total. The van der Waals surface area contributed by atoms with Gasteiger partial charge in [0.15, 0.2) is 0 Å². The van der Waals surface area contributed by atoms with E-state index >= 15 is 0 Å². The summed E-state index contributed by atoms with van der Waals surface area (Å²) in [5.74, 6) is 0. The number of aryl methyl sites for hydroxylation is 1. The summed E-state index contributed by atoms with van der Waals surface area (Å²) in [7, 11) is 1.58. The standard InChI is InChI=1S/C7H7BrINS.C2H6/c1-5-2-3-6(8)4-7(5)10-11-9;1-2/h2-4,10H,1H3;1-2H3. The Bertz CT molecular complexity index is 255. The molecule has 0 saturated heterocycles.